The molecule has 2 aromatic rings. The third-order valence-corrected chi connectivity index (χ3v) is 9.63. The molecule has 38 heavy (non-hydrogen) atoms. The second-order valence-corrected chi connectivity index (χ2v) is 12.0. The molecule has 0 unspecified atom stereocenters. The molecule has 1 aromatic carbocycles. The molecule has 1 N–H and O–H groups in total. The van der Waals surface area contributed by atoms with Crippen LogP contribution in [-0.2, 0) is 21.5 Å². The van der Waals surface area contributed by atoms with Crippen molar-refractivity contribution < 1.29 is 14.3 Å². The van der Waals surface area contributed by atoms with Gasteiger partial charge in [-0.2, -0.15) is 0 Å². The first-order chi connectivity index (χ1) is 18.1. The fourth-order valence-corrected chi connectivity index (χ4v) is 7.45. The molecule has 8 nitrogen and oxygen atoms in total. The Kier molecular flexibility index (Phi) is 8.20. The Hall–Kier alpha value is -2.89. The van der Waals surface area contributed by atoms with Gasteiger partial charge in [0.1, 0.15) is 19.6 Å². The number of benzene rings is 1. The highest BCUT2D eigenvalue weighted by molar-refractivity contribution is 8.30. The summed E-state index contributed by atoms with van der Waals surface area (Å²) in [7, 11) is 3.27. The Morgan fingerprint density at radius 1 is 1.16 bits per heavy atom. The second-order valence-electron chi connectivity index (χ2n) is 9.37. The van der Waals surface area contributed by atoms with Crippen LogP contribution < -0.4 is 29.7 Å². The number of thiocarbonyl (C=S) groups is 1. The number of carbonyl (C=O) groups excluding carboxylic acids is 2. The molecule has 202 valence electrons. The van der Waals surface area contributed by atoms with Crippen molar-refractivity contribution >= 4 is 68.1 Å². The molecule has 0 atom stereocenters. The highest BCUT2D eigenvalue weighted by atomic mass is 32.2. The minimum Gasteiger partial charge on any atom is -0.497 e. The lowest BCUT2D eigenvalue weighted by molar-refractivity contribution is -0.121. The van der Waals surface area contributed by atoms with E-state index in [-0.39, 0.29) is 17.4 Å². The number of anilines is 1. The number of nitrogens with zero attached hydrogens (tertiary/aromatic N) is 3. The fourth-order valence-electron chi connectivity index (χ4n) is 4.80. The van der Waals surface area contributed by atoms with E-state index in [9.17, 15) is 14.4 Å². The summed E-state index contributed by atoms with van der Waals surface area (Å²) in [5.41, 5.74) is 2.53. The third kappa shape index (κ3) is 4.83. The van der Waals surface area contributed by atoms with Gasteiger partial charge in [0.2, 0.25) is 5.91 Å². The Labute approximate surface area is 235 Å². The molecule has 2 aliphatic rings. The second kappa shape index (κ2) is 11.1. The Morgan fingerprint density at radius 2 is 1.89 bits per heavy atom. The van der Waals surface area contributed by atoms with Crippen molar-refractivity contribution in [2.24, 2.45) is 0 Å². The molecule has 0 bridgehead atoms. The van der Waals surface area contributed by atoms with E-state index in [1.165, 1.54) is 23.1 Å². The molecule has 0 spiro atoms. The van der Waals surface area contributed by atoms with E-state index >= 15 is 0 Å². The highest BCUT2D eigenvalue weighted by Crippen LogP contribution is 2.49. The predicted molar refractivity (Wildman–Crippen MR) is 159 cm³/mol. The lowest BCUT2D eigenvalue weighted by atomic mass is 9.83. The molecule has 2 amide bonds. The number of amides is 2. The summed E-state index contributed by atoms with van der Waals surface area (Å²) in [5.74, 6) is 0.561. The molecule has 0 radical (unpaired) electrons. The van der Waals surface area contributed by atoms with E-state index in [1.807, 2.05) is 44.2 Å². The van der Waals surface area contributed by atoms with Gasteiger partial charge in [-0.1, -0.05) is 37.8 Å². The molecule has 1 saturated heterocycles. The summed E-state index contributed by atoms with van der Waals surface area (Å²) in [6.07, 6.45) is 4.12. The van der Waals surface area contributed by atoms with E-state index in [4.69, 9.17) is 17.0 Å². The van der Waals surface area contributed by atoms with Gasteiger partial charge in [0.15, 0.2) is 0 Å². The number of thiazole rings is 1. The number of ether oxygens (including phenoxy) is 1. The largest absolute Gasteiger partial charge is 0.497 e. The van der Waals surface area contributed by atoms with Gasteiger partial charge in [-0.25, -0.2) is 0 Å². The van der Waals surface area contributed by atoms with Crippen LogP contribution in [0.4, 0.5) is 5.69 Å². The molecular weight excluding hydrogens is 541 g/mol. The van der Waals surface area contributed by atoms with Crippen LogP contribution in [0.1, 0.15) is 39.7 Å². The van der Waals surface area contributed by atoms with Gasteiger partial charge in [-0.05, 0) is 49.8 Å². The number of rotatable bonds is 7. The van der Waals surface area contributed by atoms with Crippen LogP contribution in [0.2, 0.25) is 0 Å². The fraction of sp³-hybridized carbons (Fsp3) is 0.407. The molecule has 0 saturated carbocycles. The third-order valence-electron chi connectivity index (χ3n) is 6.92. The molecule has 11 heteroatoms. The number of methoxy groups -OCH3 is 1. The lowest BCUT2D eigenvalue weighted by Gasteiger charge is -2.26. The summed E-state index contributed by atoms with van der Waals surface area (Å²) in [6.45, 7) is 9.45. The zero-order valence-electron chi connectivity index (χ0n) is 22.4. The smallest absolute Gasteiger partial charge is 0.269 e. The number of nitrogens with one attached hydrogen (secondary N) is 1. The zero-order chi connectivity index (χ0) is 27.8. The minimum absolute atomic E-state index is 0.0448. The Balaban J connectivity index is 1.87. The number of hydrogen-bond acceptors (Lipinski definition) is 8. The van der Waals surface area contributed by atoms with Gasteiger partial charge in [-0.15, -0.1) is 11.3 Å². The molecule has 1 aromatic heterocycles. The summed E-state index contributed by atoms with van der Waals surface area (Å²) in [4.78, 5) is 42.6. The van der Waals surface area contributed by atoms with Crippen LogP contribution in [0.15, 0.2) is 34.8 Å². The van der Waals surface area contributed by atoms with Crippen LogP contribution in [0, 0.1) is 0 Å². The summed E-state index contributed by atoms with van der Waals surface area (Å²) < 4.78 is 8.79. The van der Waals surface area contributed by atoms with Gasteiger partial charge in [0.25, 0.3) is 11.5 Å². The van der Waals surface area contributed by atoms with Crippen molar-refractivity contribution in [3.8, 4) is 5.75 Å². The van der Waals surface area contributed by atoms with E-state index in [2.05, 4.69) is 24.1 Å². The first kappa shape index (κ1) is 28.1. The number of allylic oxidation sites excluding steroid dienone is 2. The predicted octanol–water partition coefficient (Wildman–Crippen LogP) is 2.53. The van der Waals surface area contributed by atoms with Crippen LogP contribution in [-0.4, -0.2) is 52.8 Å². The summed E-state index contributed by atoms with van der Waals surface area (Å²) in [6, 6.07) is 5.95. The average molecular weight is 573 g/mol. The van der Waals surface area contributed by atoms with Crippen molar-refractivity contribution in [3.05, 3.63) is 55.1 Å². The first-order valence-electron chi connectivity index (χ1n) is 12.5. The zero-order valence-corrected chi connectivity index (χ0v) is 24.9. The molecule has 4 rings (SSSR count). The van der Waals surface area contributed by atoms with E-state index < -0.39 is 5.41 Å². The lowest BCUT2D eigenvalue weighted by Crippen LogP contribution is -2.33. The van der Waals surface area contributed by atoms with E-state index in [0.717, 1.165) is 22.7 Å². The maximum absolute atomic E-state index is 13.4. The molecular formula is C27H32N4O4S3. The average Bonchev–Trinajstić information content (AvgIpc) is 3.45. The molecule has 1 fully saturated rings. The Morgan fingerprint density at radius 3 is 2.50 bits per heavy atom. The topological polar surface area (TPSA) is 83.9 Å². The molecule has 3 heterocycles. The highest BCUT2D eigenvalue weighted by Gasteiger charge is 2.40. The monoisotopic (exact) mass is 572 g/mol. The van der Waals surface area contributed by atoms with Gasteiger partial charge in [-0.3, -0.25) is 23.9 Å². The normalized spacial score (nSPS) is 19.5. The number of fused-ring (bicyclic) bond motifs is 1. The van der Waals surface area contributed by atoms with Crippen molar-refractivity contribution in [3.63, 3.8) is 0 Å². The van der Waals surface area contributed by atoms with Gasteiger partial charge in [0.05, 0.1) is 11.6 Å². The molecule has 0 aliphatic carbocycles. The van der Waals surface area contributed by atoms with Gasteiger partial charge in [0, 0.05) is 49.9 Å². The quantitative estimate of drug-likeness (QED) is 0.511. The maximum Gasteiger partial charge on any atom is 0.269 e. The van der Waals surface area contributed by atoms with Gasteiger partial charge >= 0.3 is 0 Å². The number of aromatic nitrogens is 1. The summed E-state index contributed by atoms with van der Waals surface area (Å²) >= 11 is 7.94. The van der Waals surface area contributed by atoms with Crippen LogP contribution >= 0.6 is 35.3 Å². The van der Waals surface area contributed by atoms with Crippen molar-refractivity contribution in [2.45, 2.75) is 46.1 Å². The number of thioether (sulfide) groups is 1. The van der Waals surface area contributed by atoms with Crippen molar-refractivity contribution in [1.82, 2.24) is 14.8 Å². The van der Waals surface area contributed by atoms with Crippen molar-refractivity contribution in [1.29, 1.82) is 0 Å². The summed E-state index contributed by atoms with van der Waals surface area (Å²) in [5, 5.41) is 2.69. The standard InChI is InChI=1S/C27H32N4O4S3/c1-7-29-23(33)19(37-25(29)22-24(34)30(8-2)26(36)38-22)11-12-20-27(3,4)17-15-16(35-6)9-10-18(17)31(20)14-13-21(32)28-5/h9-12,15H,7-8,13-14H2,1-6H3,(H,28,32)/b19-11-,20-12-,25-22+. The van der Waals surface area contributed by atoms with E-state index in [0.29, 0.717) is 44.5 Å². The maximum atomic E-state index is 13.4. The van der Waals surface area contributed by atoms with E-state index in [1.54, 1.807) is 23.6 Å². The molecule has 2 aliphatic heterocycles. The van der Waals surface area contributed by atoms with Crippen molar-refractivity contribution in [2.75, 3.05) is 32.1 Å². The first-order valence-corrected chi connectivity index (χ1v) is 14.5. The van der Waals surface area contributed by atoms with Crippen LogP contribution in [0.5, 0.6) is 5.75 Å². The minimum atomic E-state index is -0.396. The number of carbonyl (C=O) groups is 2. The van der Waals surface area contributed by atoms with Crippen LogP contribution in [0.3, 0.4) is 0 Å². The SMILES string of the molecule is CCN1C(=O)/C(=c2\s/c(=C\C=C3/N(CCC(=O)NC)c4ccc(OC)cc4C3(C)C)c(=O)n2CC)SC1=S. The number of hydrogen-bond donors (Lipinski definition) is 1. The van der Waals surface area contributed by atoms with Gasteiger partial charge < -0.3 is 15.0 Å². The Bertz CT molecular complexity index is 1520. The van der Waals surface area contributed by atoms with Crippen LogP contribution in [0.25, 0.3) is 11.0 Å².